The van der Waals surface area contributed by atoms with Crippen LogP contribution in [0.3, 0.4) is 0 Å². The number of nitrogens with two attached hydrogens (primary N) is 1. The molecule has 4 heteroatoms. The molecule has 1 aromatic heterocycles. The Hall–Kier alpha value is -0.640. The maximum Gasteiger partial charge on any atom is 0.203 e. The summed E-state index contributed by atoms with van der Waals surface area (Å²) in [5, 5.41) is 10.3. The zero-order valence-electron chi connectivity index (χ0n) is 10.1. The largest absolute Gasteiger partial charge is 0.374 e. The number of aromatic nitrogens is 2. The monoisotopic (exact) mass is 249 g/mol. The van der Waals surface area contributed by atoms with Crippen LogP contribution in [0.25, 0.3) is 0 Å². The molecule has 92 valence electrons. The van der Waals surface area contributed by atoms with E-state index in [1.807, 2.05) is 0 Å². The third-order valence-electron chi connectivity index (χ3n) is 5.25. The summed E-state index contributed by atoms with van der Waals surface area (Å²) in [4.78, 5) is 0. The fourth-order valence-electron chi connectivity index (χ4n) is 4.90. The van der Waals surface area contributed by atoms with Crippen molar-refractivity contribution in [3.63, 3.8) is 0 Å². The summed E-state index contributed by atoms with van der Waals surface area (Å²) in [6.07, 6.45) is 9.94. The zero-order valence-corrected chi connectivity index (χ0v) is 10.9. The van der Waals surface area contributed by atoms with E-state index in [-0.39, 0.29) is 0 Å². The second-order valence-electron chi connectivity index (χ2n) is 6.48. The highest BCUT2D eigenvalue weighted by Gasteiger charge is 2.50. The predicted molar refractivity (Wildman–Crippen MR) is 68.8 cm³/mol. The fraction of sp³-hybridized carbons (Fsp3) is 0.846. The van der Waals surface area contributed by atoms with Crippen molar-refractivity contribution in [2.75, 3.05) is 5.73 Å². The quantitative estimate of drug-likeness (QED) is 0.832. The number of hydrogen-bond acceptors (Lipinski definition) is 4. The first-order valence-electron chi connectivity index (χ1n) is 6.83. The maximum atomic E-state index is 5.78. The van der Waals surface area contributed by atoms with Gasteiger partial charge in [0.25, 0.3) is 0 Å². The molecule has 4 fully saturated rings. The molecule has 0 saturated heterocycles. The summed E-state index contributed by atoms with van der Waals surface area (Å²) >= 11 is 1.64. The summed E-state index contributed by atoms with van der Waals surface area (Å²) in [6.45, 7) is 0. The van der Waals surface area contributed by atoms with Crippen LogP contribution in [0.1, 0.15) is 50.0 Å². The van der Waals surface area contributed by atoms with Gasteiger partial charge in [-0.3, -0.25) is 0 Å². The molecule has 3 nitrogen and oxygen atoms in total. The Kier molecular flexibility index (Phi) is 2.08. The summed E-state index contributed by atoms with van der Waals surface area (Å²) in [7, 11) is 0. The van der Waals surface area contributed by atoms with Gasteiger partial charge in [0.1, 0.15) is 5.01 Å². The first-order chi connectivity index (χ1) is 8.23. The first-order valence-corrected chi connectivity index (χ1v) is 7.65. The third-order valence-corrected chi connectivity index (χ3v) is 6.25. The fourth-order valence-corrected chi connectivity index (χ4v) is 5.73. The molecular weight excluding hydrogens is 230 g/mol. The molecule has 0 spiro atoms. The minimum absolute atomic E-state index is 0.363. The van der Waals surface area contributed by atoms with Gasteiger partial charge < -0.3 is 5.73 Å². The number of nitrogens with zero attached hydrogens (tertiary/aromatic N) is 2. The van der Waals surface area contributed by atoms with E-state index < -0.39 is 0 Å². The summed E-state index contributed by atoms with van der Waals surface area (Å²) in [5.41, 5.74) is 6.14. The van der Waals surface area contributed by atoms with Gasteiger partial charge in [0.15, 0.2) is 0 Å². The van der Waals surface area contributed by atoms with Crippen LogP contribution in [0.4, 0.5) is 5.13 Å². The number of nitrogen functional groups attached to an aromatic ring is 1. The summed E-state index contributed by atoms with van der Waals surface area (Å²) < 4.78 is 0. The van der Waals surface area contributed by atoms with Gasteiger partial charge in [-0.15, -0.1) is 10.2 Å². The highest BCUT2D eigenvalue weighted by Crippen LogP contribution is 2.58. The predicted octanol–water partition coefficient (Wildman–Crippen LogP) is 2.98. The van der Waals surface area contributed by atoms with Crippen LogP contribution in [0.15, 0.2) is 0 Å². The van der Waals surface area contributed by atoms with Gasteiger partial charge in [0, 0.05) is 5.41 Å². The minimum Gasteiger partial charge on any atom is -0.374 e. The number of anilines is 1. The van der Waals surface area contributed by atoms with Crippen LogP contribution in [0.5, 0.6) is 0 Å². The lowest BCUT2D eigenvalue weighted by molar-refractivity contribution is 0.0976. The van der Waals surface area contributed by atoms with Crippen LogP contribution in [-0.4, -0.2) is 10.2 Å². The molecule has 4 bridgehead atoms. The molecule has 0 aliphatic heterocycles. The molecule has 2 N–H and O–H groups in total. The highest BCUT2D eigenvalue weighted by molar-refractivity contribution is 7.15. The Balaban J connectivity index is 1.77. The molecule has 0 amide bonds. The van der Waals surface area contributed by atoms with E-state index in [1.54, 1.807) is 11.3 Å². The molecule has 0 radical (unpaired) electrons. The van der Waals surface area contributed by atoms with Gasteiger partial charge in [-0.1, -0.05) is 24.2 Å². The van der Waals surface area contributed by atoms with Crippen LogP contribution in [0.2, 0.25) is 0 Å². The Morgan fingerprint density at radius 3 is 2.24 bits per heavy atom. The topological polar surface area (TPSA) is 51.8 Å². The van der Waals surface area contributed by atoms with E-state index >= 15 is 0 Å². The minimum atomic E-state index is 0.363. The van der Waals surface area contributed by atoms with Gasteiger partial charge in [-0.2, -0.15) is 0 Å². The molecule has 5 rings (SSSR count). The molecule has 17 heavy (non-hydrogen) atoms. The van der Waals surface area contributed by atoms with Crippen molar-refractivity contribution in [2.45, 2.75) is 50.4 Å². The lowest BCUT2D eigenvalue weighted by Gasteiger charge is -2.46. The molecule has 0 aromatic carbocycles. The highest BCUT2D eigenvalue weighted by atomic mass is 32.1. The molecule has 4 aliphatic carbocycles. The van der Waals surface area contributed by atoms with Gasteiger partial charge in [0.2, 0.25) is 5.13 Å². The van der Waals surface area contributed by atoms with E-state index in [0.29, 0.717) is 10.5 Å². The Labute approximate surface area is 106 Å². The molecule has 2 atom stereocenters. The third kappa shape index (κ3) is 1.53. The number of rotatable bonds is 1. The lowest BCUT2D eigenvalue weighted by atomic mass is 9.59. The van der Waals surface area contributed by atoms with Crippen LogP contribution in [-0.2, 0) is 5.41 Å². The lowest BCUT2D eigenvalue weighted by Crippen LogP contribution is -2.40. The molecule has 1 heterocycles. The SMILES string of the molecule is Nc1nnc(C23CC4CCC(CC(C4)C2)C3)s1. The molecular formula is C13H19N3S. The Morgan fingerprint density at radius 1 is 1.00 bits per heavy atom. The molecule has 4 saturated carbocycles. The number of fused-ring (bicyclic) bond motifs is 1. The van der Waals surface area contributed by atoms with Crippen molar-refractivity contribution in [3.05, 3.63) is 5.01 Å². The normalized spacial score (nSPS) is 43.9. The Morgan fingerprint density at radius 2 is 1.65 bits per heavy atom. The second-order valence-corrected chi connectivity index (χ2v) is 7.49. The average Bonchev–Trinajstić information content (AvgIpc) is 2.62. The van der Waals surface area contributed by atoms with Crippen molar-refractivity contribution in [3.8, 4) is 0 Å². The zero-order chi connectivity index (χ0) is 11.5. The van der Waals surface area contributed by atoms with Gasteiger partial charge >= 0.3 is 0 Å². The first kappa shape index (κ1) is 10.3. The molecule has 2 unspecified atom stereocenters. The van der Waals surface area contributed by atoms with Crippen molar-refractivity contribution in [1.29, 1.82) is 0 Å². The smallest absolute Gasteiger partial charge is 0.203 e. The summed E-state index contributed by atoms with van der Waals surface area (Å²) in [5.74, 6) is 2.86. The van der Waals surface area contributed by atoms with Gasteiger partial charge in [0.05, 0.1) is 0 Å². The average molecular weight is 249 g/mol. The van der Waals surface area contributed by atoms with Crippen LogP contribution < -0.4 is 5.73 Å². The molecule has 4 aliphatic rings. The van der Waals surface area contributed by atoms with E-state index in [4.69, 9.17) is 5.73 Å². The Bertz CT molecular complexity index is 426. The molecule has 1 aromatic rings. The van der Waals surface area contributed by atoms with E-state index in [1.165, 1.54) is 50.0 Å². The van der Waals surface area contributed by atoms with Crippen molar-refractivity contribution >= 4 is 16.5 Å². The van der Waals surface area contributed by atoms with Gasteiger partial charge in [-0.05, 0) is 49.9 Å². The van der Waals surface area contributed by atoms with Crippen molar-refractivity contribution < 1.29 is 0 Å². The van der Waals surface area contributed by atoms with E-state index in [9.17, 15) is 0 Å². The maximum absolute atomic E-state index is 5.78. The number of hydrogen-bond donors (Lipinski definition) is 1. The van der Waals surface area contributed by atoms with Crippen LogP contribution >= 0.6 is 11.3 Å². The second kappa shape index (κ2) is 3.44. The van der Waals surface area contributed by atoms with Gasteiger partial charge in [-0.25, -0.2) is 0 Å². The standard InChI is InChI=1S/C13H19N3S/c14-12-16-15-11(17-12)13-5-8-1-2-9(6-13)4-10(3-8)7-13/h8-10H,1-7H2,(H2,14,16). The van der Waals surface area contributed by atoms with E-state index in [2.05, 4.69) is 10.2 Å². The van der Waals surface area contributed by atoms with E-state index in [0.717, 1.165) is 17.8 Å². The van der Waals surface area contributed by atoms with Crippen LogP contribution in [0, 0.1) is 17.8 Å². The summed E-state index contributed by atoms with van der Waals surface area (Å²) in [6, 6.07) is 0. The van der Waals surface area contributed by atoms with Crippen molar-refractivity contribution in [2.24, 2.45) is 17.8 Å². The van der Waals surface area contributed by atoms with Crippen molar-refractivity contribution in [1.82, 2.24) is 10.2 Å².